The summed E-state index contributed by atoms with van der Waals surface area (Å²) in [4.78, 5) is 57.3. The molecule has 0 radical (unpaired) electrons. The van der Waals surface area contributed by atoms with Gasteiger partial charge in [-0.25, -0.2) is 13.6 Å². The number of nitrogens with one attached hydrogen (secondary N) is 2. The summed E-state index contributed by atoms with van der Waals surface area (Å²) in [5, 5.41) is 15.6. The van der Waals surface area contributed by atoms with E-state index in [1.807, 2.05) is 0 Å². The molecule has 4 amide bonds. The number of carbonyl (C=O) groups is 4. The fraction of sp³-hybridized carbons (Fsp3) is 0.594. The lowest BCUT2D eigenvalue weighted by Crippen LogP contribution is -2.59. The Balaban J connectivity index is 1.34. The summed E-state index contributed by atoms with van der Waals surface area (Å²) in [6.07, 6.45) is 0.910. The molecular formula is C32H37F2N5O5. The highest BCUT2D eigenvalue weighted by Gasteiger charge is 2.65. The van der Waals surface area contributed by atoms with Gasteiger partial charge in [-0.2, -0.15) is 5.26 Å². The number of halogens is 2. The minimum absolute atomic E-state index is 0.0354. The molecule has 2 saturated carbocycles. The number of likely N-dealkylation sites (tertiary alicyclic amines) is 2. The van der Waals surface area contributed by atoms with Crippen LogP contribution < -0.4 is 10.6 Å². The molecule has 4 fully saturated rings. The maximum atomic E-state index is 15.2. The quantitative estimate of drug-likeness (QED) is 0.540. The first-order chi connectivity index (χ1) is 20.8. The number of nitrogens with zero attached hydrogens (tertiary/aromatic N) is 3. The summed E-state index contributed by atoms with van der Waals surface area (Å²) in [5.41, 5.74) is -0.875. The topological polar surface area (TPSA) is 132 Å². The first-order valence-electron chi connectivity index (χ1n) is 15.1. The van der Waals surface area contributed by atoms with Crippen LogP contribution in [0.4, 0.5) is 13.6 Å². The highest BCUT2D eigenvalue weighted by atomic mass is 19.1. The van der Waals surface area contributed by atoms with Gasteiger partial charge >= 0.3 is 6.09 Å². The van der Waals surface area contributed by atoms with Gasteiger partial charge in [0.25, 0.3) is 0 Å². The monoisotopic (exact) mass is 609 g/mol. The lowest BCUT2D eigenvalue weighted by atomic mass is 9.77. The number of rotatable bonds is 4. The van der Waals surface area contributed by atoms with E-state index in [1.165, 1.54) is 29.0 Å². The standard InChI is InChI=1S/C32H37F2N5O5/c1-31(2,3)26(37-30(43)44-4)28(41)38-14-21-17-9-20(22(34)10-17)24(21)25(38)27(40)39-15-32(11-19(39)13-35)12-23(36-29(32)42)16-5-7-18(33)8-6-16/h5-8,12,17,19-22,24-26H,9-11,14-15H2,1-4H3,(H,36,42)(H,37,43). The number of hydrogen-bond acceptors (Lipinski definition) is 6. The molecule has 9 unspecified atom stereocenters. The van der Waals surface area contributed by atoms with Gasteiger partial charge in [-0.3, -0.25) is 14.4 Å². The summed E-state index contributed by atoms with van der Waals surface area (Å²) >= 11 is 0. The van der Waals surface area contributed by atoms with Crippen LogP contribution >= 0.6 is 0 Å². The van der Waals surface area contributed by atoms with Crippen molar-refractivity contribution in [2.75, 3.05) is 20.2 Å². The van der Waals surface area contributed by atoms with E-state index in [9.17, 15) is 28.8 Å². The van der Waals surface area contributed by atoms with Crippen molar-refractivity contribution in [3.63, 3.8) is 0 Å². The SMILES string of the molecule is COC(=O)NC(C(=O)N1CC2C3CC(F)C(C3)C2C1C(=O)N1CC2(C=C(c3ccc(F)cc3)NC2=O)CC1C#N)C(C)(C)C. The Kier molecular flexibility index (Phi) is 7.21. The molecule has 10 nitrogen and oxygen atoms in total. The Bertz CT molecular complexity index is 1470. The summed E-state index contributed by atoms with van der Waals surface area (Å²) in [6.45, 7) is 5.53. The van der Waals surface area contributed by atoms with Gasteiger partial charge in [0.2, 0.25) is 17.7 Å². The lowest BCUT2D eigenvalue weighted by Gasteiger charge is -2.38. The van der Waals surface area contributed by atoms with Crippen molar-refractivity contribution in [3.8, 4) is 6.07 Å². The molecule has 1 aromatic carbocycles. The highest BCUT2D eigenvalue weighted by molar-refractivity contribution is 6.00. The van der Waals surface area contributed by atoms with Crippen LogP contribution in [0.5, 0.6) is 0 Å². The van der Waals surface area contributed by atoms with Crippen LogP contribution in [-0.2, 0) is 19.1 Å². The Hall–Kier alpha value is -4.01. The molecule has 234 valence electrons. The molecule has 2 bridgehead atoms. The number of alkyl carbamates (subject to hydrolysis) is 1. The van der Waals surface area contributed by atoms with Crippen LogP contribution in [-0.4, -0.2) is 78.1 Å². The molecule has 44 heavy (non-hydrogen) atoms. The van der Waals surface area contributed by atoms with Crippen molar-refractivity contribution >= 4 is 29.5 Å². The zero-order chi connectivity index (χ0) is 31.7. The smallest absolute Gasteiger partial charge is 0.407 e. The van der Waals surface area contributed by atoms with Crippen LogP contribution in [0.2, 0.25) is 0 Å². The predicted octanol–water partition coefficient (Wildman–Crippen LogP) is 3.00. The fourth-order valence-electron chi connectivity index (χ4n) is 8.37. The molecule has 3 heterocycles. The largest absolute Gasteiger partial charge is 0.453 e. The minimum Gasteiger partial charge on any atom is -0.453 e. The van der Waals surface area contributed by atoms with Crippen molar-refractivity contribution in [2.45, 2.75) is 64.3 Å². The third kappa shape index (κ3) is 4.72. The van der Waals surface area contributed by atoms with E-state index >= 15 is 4.39 Å². The van der Waals surface area contributed by atoms with Gasteiger partial charge in [0.05, 0.1) is 18.6 Å². The number of alkyl halides is 1. The van der Waals surface area contributed by atoms with Gasteiger partial charge in [-0.15, -0.1) is 0 Å². The van der Waals surface area contributed by atoms with Crippen LogP contribution in [0, 0.1) is 51.6 Å². The van der Waals surface area contributed by atoms with Gasteiger partial charge in [0.1, 0.15) is 30.1 Å². The molecule has 0 aromatic heterocycles. The Labute approximate surface area is 254 Å². The molecule has 5 aliphatic rings. The average molecular weight is 610 g/mol. The van der Waals surface area contributed by atoms with E-state index < -0.39 is 70.7 Å². The third-order valence-electron chi connectivity index (χ3n) is 10.5. The first kappa shape index (κ1) is 30.0. The van der Waals surface area contributed by atoms with E-state index in [2.05, 4.69) is 16.7 Å². The molecule has 1 aromatic rings. The third-order valence-corrected chi connectivity index (χ3v) is 10.5. The van der Waals surface area contributed by atoms with Crippen molar-refractivity contribution < 1.29 is 32.7 Å². The van der Waals surface area contributed by atoms with E-state index in [0.29, 0.717) is 24.1 Å². The minimum atomic E-state index is -1.19. The normalized spacial score (nSPS) is 34.4. The molecule has 12 heteroatoms. The second kappa shape index (κ2) is 10.6. The van der Waals surface area contributed by atoms with Crippen molar-refractivity contribution in [1.29, 1.82) is 5.26 Å². The molecule has 3 aliphatic heterocycles. The zero-order valence-corrected chi connectivity index (χ0v) is 25.2. The first-order valence-corrected chi connectivity index (χ1v) is 15.1. The number of fused-ring (bicyclic) bond motifs is 5. The zero-order valence-electron chi connectivity index (χ0n) is 25.2. The maximum absolute atomic E-state index is 15.2. The number of nitriles is 1. The van der Waals surface area contributed by atoms with Gasteiger partial charge in [0.15, 0.2) is 0 Å². The van der Waals surface area contributed by atoms with Crippen LogP contribution in [0.25, 0.3) is 5.70 Å². The molecule has 6 rings (SSSR count). The molecule has 2 N–H and O–H groups in total. The molecule has 2 saturated heterocycles. The number of amides is 4. The Morgan fingerprint density at radius 3 is 2.50 bits per heavy atom. The van der Waals surface area contributed by atoms with E-state index in [1.54, 1.807) is 39.0 Å². The maximum Gasteiger partial charge on any atom is 0.407 e. The fourth-order valence-corrected chi connectivity index (χ4v) is 8.37. The van der Waals surface area contributed by atoms with Crippen LogP contribution in [0.15, 0.2) is 30.3 Å². The number of hydrogen-bond donors (Lipinski definition) is 2. The van der Waals surface area contributed by atoms with E-state index in [0.717, 1.165) is 0 Å². The molecule has 9 atom stereocenters. The predicted molar refractivity (Wildman–Crippen MR) is 153 cm³/mol. The van der Waals surface area contributed by atoms with Crippen molar-refractivity contribution in [3.05, 3.63) is 41.7 Å². The number of methoxy groups -OCH3 is 1. The molecular weight excluding hydrogens is 572 g/mol. The number of ether oxygens (including phenoxy) is 1. The van der Waals surface area contributed by atoms with Gasteiger partial charge in [-0.1, -0.05) is 20.8 Å². The van der Waals surface area contributed by atoms with Crippen molar-refractivity contribution in [2.24, 2.45) is 34.5 Å². The number of benzene rings is 1. The lowest BCUT2D eigenvalue weighted by molar-refractivity contribution is -0.148. The van der Waals surface area contributed by atoms with E-state index in [4.69, 9.17) is 4.74 Å². The molecule has 1 spiro atoms. The second-order valence-electron chi connectivity index (χ2n) is 14.0. The highest BCUT2D eigenvalue weighted by Crippen LogP contribution is 2.59. The van der Waals surface area contributed by atoms with Gasteiger partial charge in [-0.05, 0) is 77.8 Å². The Morgan fingerprint density at radius 2 is 1.86 bits per heavy atom. The summed E-state index contributed by atoms with van der Waals surface area (Å²) in [7, 11) is 1.20. The summed E-state index contributed by atoms with van der Waals surface area (Å²) in [5.74, 6) is -2.62. The van der Waals surface area contributed by atoms with Gasteiger partial charge in [0, 0.05) is 25.2 Å². The van der Waals surface area contributed by atoms with Crippen molar-refractivity contribution in [1.82, 2.24) is 20.4 Å². The summed E-state index contributed by atoms with van der Waals surface area (Å²) in [6, 6.07) is 4.80. The average Bonchev–Trinajstić information content (AvgIpc) is 3.78. The van der Waals surface area contributed by atoms with Crippen LogP contribution in [0.3, 0.4) is 0 Å². The van der Waals surface area contributed by atoms with E-state index in [-0.39, 0.29) is 37.3 Å². The Morgan fingerprint density at radius 1 is 1.16 bits per heavy atom. The van der Waals surface area contributed by atoms with Gasteiger partial charge < -0.3 is 25.2 Å². The second-order valence-corrected chi connectivity index (χ2v) is 14.0. The van der Waals surface area contributed by atoms with Crippen LogP contribution in [0.1, 0.15) is 45.6 Å². The number of carbonyl (C=O) groups excluding carboxylic acids is 4. The summed E-state index contributed by atoms with van der Waals surface area (Å²) < 4.78 is 33.5. The molecule has 2 aliphatic carbocycles.